The van der Waals surface area contributed by atoms with Gasteiger partial charge in [0.15, 0.2) is 0 Å². The van der Waals surface area contributed by atoms with Crippen LogP contribution in [-0.2, 0) is 0 Å². The van der Waals surface area contributed by atoms with Crippen LogP contribution in [0.1, 0.15) is 0 Å². The topological polar surface area (TPSA) is 13.1 Å². The molecule has 0 spiro atoms. The molecule has 0 aliphatic rings. The molecule has 19 heavy (non-hydrogen) atoms. The molecule has 0 aliphatic carbocycles. The molecule has 88 valence electrons. The van der Waals surface area contributed by atoms with Gasteiger partial charge in [0.25, 0.3) is 0 Å². The Balaban J connectivity index is 2.30. The first-order chi connectivity index (χ1) is 9.24. The van der Waals surface area contributed by atoms with Gasteiger partial charge in [0.2, 0.25) is 0 Å². The summed E-state index contributed by atoms with van der Waals surface area (Å²) in [5.41, 5.74) is 2.09. The predicted octanol–water partition coefficient (Wildman–Crippen LogP) is 4.19. The first-order valence-electron chi connectivity index (χ1n) is 6.03. The van der Waals surface area contributed by atoms with Crippen LogP contribution in [0.15, 0.2) is 52.9 Å². The number of fused-ring (bicyclic) bond motifs is 4. The Morgan fingerprint density at radius 2 is 1.68 bits per heavy atom. The van der Waals surface area contributed by atoms with Crippen LogP contribution in [0.4, 0.5) is 0 Å². The summed E-state index contributed by atoms with van der Waals surface area (Å²) < 4.78 is 5.86. The molecule has 0 saturated carbocycles. The first-order valence-corrected chi connectivity index (χ1v) is 6.41. The van der Waals surface area contributed by atoms with E-state index in [0.29, 0.717) is 16.1 Å². The molecule has 0 amide bonds. The molecule has 3 heteroatoms. The Hall–Kier alpha value is -1.93. The van der Waals surface area contributed by atoms with Gasteiger partial charge in [0.05, 0.1) is 5.02 Å². The number of hydrogen-bond acceptors (Lipinski definition) is 1. The second-order valence-electron chi connectivity index (χ2n) is 4.64. The van der Waals surface area contributed by atoms with Crippen LogP contribution in [0, 0.1) is 0 Å². The van der Waals surface area contributed by atoms with E-state index in [0.717, 1.165) is 27.1 Å². The summed E-state index contributed by atoms with van der Waals surface area (Å²) in [6.45, 7) is 0. The van der Waals surface area contributed by atoms with Gasteiger partial charge in [-0.2, -0.15) is 0 Å². The molecular formula is C16H8BClO. The summed E-state index contributed by atoms with van der Waals surface area (Å²) in [5.74, 6) is 0. The zero-order valence-electron chi connectivity index (χ0n) is 9.98. The third-order valence-corrected chi connectivity index (χ3v) is 3.78. The zero-order chi connectivity index (χ0) is 13.0. The Morgan fingerprint density at radius 1 is 0.947 bits per heavy atom. The summed E-state index contributed by atoms with van der Waals surface area (Å²) in [4.78, 5) is 0. The SMILES string of the molecule is [B]c1ccc(Cl)c2c1oc1cc3ccccc3cc12. The summed E-state index contributed by atoms with van der Waals surface area (Å²) in [7, 11) is 5.96. The van der Waals surface area contributed by atoms with Crippen molar-refractivity contribution in [2.45, 2.75) is 0 Å². The Morgan fingerprint density at radius 3 is 2.47 bits per heavy atom. The number of benzene rings is 3. The molecular weight excluding hydrogens is 254 g/mol. The number of furan rings is 1. The highest BCUT2D eigenvalue weighted by atomic mass is 35.5. The van der Waals surface area contributed by atoms with Crippen LogP contribution in [-0.4, -0.2) is 7.85 Å². The predicted molar refractivity (Wildman–Crippen MR) is 81.6 cm³/mol. The maximum atomic E-state index is 6.28. The van der Waals surface area contributed by atoms with E-state index in [1.165, 1.54) is 0 Å². The molecule has 2 radical (unpaired) electrons. The summed E-state index contributed by atoms with van der Waals surface area (Å²) in [6, 6.07) is 15.9. The zero-order valence-corrected chi connectivity index (χ0v) is 10.7. The second-order valence-corrected chi connectivity index (χ2v) is 5.05. The van der Waals surface area contributed by atoms with E-state index in [1.807, 2.05) is 24.3 Å². The molecule has 0 fully saturated rings. The minimum Gasteiger partial charge on any atom is -0.457 e. The average Bonchev–Trinajstić information content (AvgIpc) is 2.80. The summed E-state index contributed by atoms with van der Waals surface area (Å²) >= 11 is 6.28. The molecule has 0 N–H and O–H groups in total. The molecule has 4 rings (SSSR count). The number of halogens is 1. The third-order valence-electron chi connectivity index (χ3n) is 3.47. The van der Waals surface area contributed by atoms with E-state index in [1.54, 1.807) is 6.07 Å². The van der Waals surface area contributed by atoms with Crippen LogP contribution in [0.2, 0.25) is 5.02 Å². The quantitative estimate of drug-likeness (QED) is 0.433. The molecule has 0 aliphatic heterocycles. The van der Waals surface area contributed by atoms with E-state index in [2.05, 4.69) is 18.2 Å². The minimum atomic E-state index is 0.611. The molecule has 3 aromatic carbocycles. The molecule has 1 nitrogen and oxygen atoms in total. The molecule has 0 bridgehead atoms. The highest BCUT2D eigenvalue weighted by Gasteiger charge is 2.12. The van der Waals surface area contributed by atoms with Gasteiger partial charge in [-0.15, -0.1) is 0 Å². The van der Waals surface area contributed by atoms with Gasteiger partial charge >= 0.3 is 0 Å². The largest absolute Gasteiger partial charge is 0.457 e. The fourth-order valence-corrected chi connectivity index (χ4v) is 2.80. The lowest BCUT2D eigenvalue weighted by molar-refractivity contribution is 0.672. The van der Waals surface area contributed by atoms with Crippen molar-refractivity contribution < 1.29 is 4.42 Å². The second kappa shape index (κ2) is 3.78. The van der Waals surface area contributed by atoms with Gasteiger partial charge in [0, 0.05) is 10.8 Å². The van der Waals surface area contributed by atoms with Crippen molar-refractivity contribution in [1.29, 1.82) is 0 Å². The smallest absolute Gasteiger partial charge is 0.136 e. The van der Waals surface area contributed by atoms with Crippen LogP contribution < -0.4 is 5.46 Å². The number of hydrogen-bond donors (Lipinski definition) is 0. The Kier molecular flexibility index (Phi) is 2.18. The van der Waals surface area contributed by atoms with Gasteiger partial charge in [-0.25, -0.2) is 0 Å². The van der Waals surface area contributed by atoms with Crippen LogP contribution in [0.5, 0.6) is 0 Å². The fraction of sp³-hybridized carbons (Fsp3) is 0. The lowest BCUT2D eigenvalue weighted by atomic mass is 9.94. The van der Waals surface area contributed by atoms with Crippen molar-refractivity contribution in [3.05, 3.63) is 53.6 Å². The van der Waals surface area contributed by atoms with Crippen molar-refractivity contribution in [1.82, 2.24) is 0 Å². The van der Waals surface area contributed by atoms with Gasteiger partial charge in [-0.1, -0.05) is 47.4 Å². The van der Waals surface area contributed by atoms with Crippen molar-refractivity contribution in [2.24, 2.45) is 0 Å². The molecule has 0 saturated heterocycles. The molecule has 4 aromatic rings. The van der Waals surface area contributed by atoms with E-state index >= 15 is 0 Å². The monoisotopic (exact) mass is 262 g/mol. The molecule has 0 unspecified atom stereocenters. The third kappa shape index (κ3) is 1.50. The maximum absolute atomic E-state index is 6.28. The van der Waals surface area contributed by atoms with Crippen LogP contribution >= 0.6 is 11.6 Å². The molecule has 1 aromatic heterocycles. The van der Waals surface area contributed by atoms with E-state index < -0.39 is 0 Å². The van der Waals surface area contributed by atoms with Gasteiger partial charge < -0.3 is 4.42 Å². The van der Waals surface area contributed by atoms with Gasteiger partial charge in [-0.3, -0.25) is 0 Å². The van der Waals surface area contributed by atoms with Gasteiger partial charge in [-0.05, 0) is 29.0 Å². The fourth-order valence-electron chi connectivity index (χ4n) is 2.54. The Labute approximate surface area is 116 Å². The lowest BCUT2D eigenvalue weighted by Gasteiger charge is -1.98. The van der Waals surface area contributed by atoms with E-state index in [9.17, 15) is 0 Å². The first kappa shape index (κ1) is 10.9. The average molecular weight is 263 g/mol. The van der Waals surface area contributed by atoms with Crippen LogP contribution in [0.25, 0.3) is 32.7 Å². The Bertz CT molecular complexity index is 940. The molecule has 0 atom stereocenters. The maximum Gasteiger partial charge on any atom is 0.136 e. The van der Waals surface area contributed by atoms with Crippen LogP contribution in [0.3, 0.4) is 0 Å². The molecule has 1 heterocycles. The number of rotatable bonds is 0. The standard InChI is InChI=1S/C16H8BClO/c17-12-5-6-13(18)15-11-7-9-3-1-2-4-10(9)8-14(11)19-16(12)15/h1-8H. The van der Waals surface area contributed by atoms with Crippen molar-refractivity contribution in [2.75, 3.05) is 0 Å². The van der Waals surface area contributed by atoms with Gasteiger partial charge in [0.1, 0.15) is 19.0 Å². The van der Waals surface area contributed by atoms with E-state index in [4.69, 9.17) is 23.9 Å². The van der Waals surface area contributed by atoms with Crippen molar-refractivity contribution in [3.63, 3.8) is 0 Å². The van der Waals surface area contributed by atoms with Crippen molar-refractivity contribution >= 4 is 57.6 Å². The highest BCUT2D eigenvalue weighted by Crippen LogP contribution is 2.35. The van der Waals surface area contributed by atoms with Crippen molar-refractivity contribution in [3.8, 4) is 0 Å². The minimum absolute atomic E-state index is 0.611. The normalized spacial score (nSPS) is 11.6. The summed E-state index contributed by atoms with van der Waals surface area (Å²) in [5, 5.41) is 4.87. The highest BCUT2D eigenvalue weighted by molar-refractivity contribution is 6.44. The lowest BCUT2D eigenvalue weighted by Crippen LogP contribution is -2.01. The van der Waals surface area contributed by atoms with E-state index in [-0.39, 0.29) is 0 Å². The summed E-state index contributed by atoms with van der Waals surface area (Å²) in [6.07, 6.45) is 0.